The molecule has 1 aliphatic rings. The molecule has 1 saturated heterocycles. The number of aliphatic carboxylic acids is 1. The number of rotatable bonds is 4. The molecule has 21 heavy (non-hydrogen) atoms. The lowest BCUT2D eigenvalue weighted by molar-refractivity contribution is -0.142. The number of ether oxygens (including phenoxy) is 1. The van der Waals surface area contributed by atoms with E-state index in [-0.39, 0.29) is 24.3 Å². The number of aryl methyl sites for hydroxylation is 1. The number of likely N-dealkylation sites (N-methyl/N-ethyl adjacent to an activating group) is 1. The molecule has 1 N–H and O–H groups in total. The van der Waals surface area contributed by atoms with Gasteiger partial charge in [-0.15, -0.1) is 0 Å². The fourth-order valence-electron chi connectivity index (χ4n) is 2.37. The highest BCUT2D eigenvalue weighted by Gasteiger charge is 2.38. The summed E-state index contributed by atoms with van der Waals surface area (Å²) in [5, 5.41) is 9.42. The molecule has 0 bridgehead atoms. The van der Waals surface area contributed by atoms with Crippen LogP contribution in [-0.2, 0) is 16.0 Å². The zero-order valence-electron chi connectivity index (χ0n) is 11.9. The number of carbonyl (C=O) groups is 2. The van der Waals surface area contributed by atoms with Crippen molar-refractivity contribution in [1.82, 2.24) is 9.88 Å². The monoisotopic (exact) mass is 312 g/mol. The van der Waals surface area contributed by atoms with Crippen LogP contribution in [0.3, 0.4) is 0 Å². The van der Waals surface area contributed by atoms with E-state index in [1.165, 1.54) is 11.0 Å². The van der Waals surface area contributed by atoms with Crippen molar-refractivity contribution >= 4 is 23.5 Å². The summed E-state index contributed by atoms with van der Waals surface area (Å²) >= 11 is 5.92. The molecule has 1 amide bonds. The van der Waals surface area contributed by atoms with Crippen molar-refractivity contribution in [3.63, 3.8) is 0 Å². The Morgan fingerprint density at radius 1 is 1.48 bits per heavy atom. The van der Waals surface area contributed by atoms with E-state index >= 15 is 0 Å². The summed E-state index contributed by atoms with van der Waals surface area (Å²) in [6, 6.07) is 2.69. The molecule has 0 aliphatic carbocycles. The summed E-state index contributed by atoms with van der Waals surface area (Å²) in [7, 11) is 1.58. The van der Waals surface area contributed by atoms with Crippen molar-refractivity contribution in [3.05, 3.63) is 28.5 Å². The Morgan fingerprint density at radius 3 is 2.81 bits per heavy atom. The standard InChI is InChI=1S/C14H17ClN2O4/c1-3-9-4-8(5-12(15)16-9)13(18)17(2)11-7-21-6-10(11)14(19)20/h4-5,10-11H,3,6-7H2,1-2H3,(H,19,20). The van der Waals surface area contributed by atoms with Crippen LogP contribution in [-0.4, -0.2) is 53.2 Å². The van der Waals surface area contributed by atoms with Gasteiger partial charge in [-0.05, 0) is 18.6 Å². The maximum absolute atomic E-state index is 12.5. The molecule has 1 aromatic rings. The maximum atomic E-state index is 12.5. The summed E-state index contributed by atoms with van der Waals surface area (Å²) in [5.41, 5.74) is 1.13. The van der Waals surface area contributed by atoms with Gasteiger partial charge in [0.25, 0.3) is 5.91 Å². The first kappa shape index (κ1) is 15.7. The van der Waals surface area contributed by atoms with E-state index in [0.717, 1.165) is 5.69 Å². The first-order chi connectivity index (χ1) is 9.93. The third-order valence-corrected chi connectivity index (χ3v) is 3.84. The lowest BCUT2D eigenvalue weighted by atomic mass is 10.0. The number of carbonyl (C=O) groups excluding carboxylic acids is 1. The summed E-state index contributed by atoms with van der Waals surface area (Å²) in [4.78, 5) is 29.2. The number of amides is 1. The van der Waals surface area contributed by atoms with Crippen LogP contribution in [0.15, 0.2) is 12.1 Å². The van der Waals surface area contributed by atoms with Crippen LogP contribution in [0.2, 0.25) is 5.15 Å². The van der Waals surface area contributed by atoms with Gasteiger partial charge >= 0.3 is 5.97 Å². The van der Waals surface area contributed by atoms with Gasteiger partial charge in [0.05, 0.1) is 19.3 Å². The van der Waals surface area contributed by atoms with Gasteiger partial charge in [0.1, 0.15) is 11.1 Å². The van der Waals surface area contributed by atoms with Crippen LogP contribution >= 0.6 is 11.6 Å². The van der Waals surface area contributed by atoms with Gasteiger partial charge in [-0.25, -0.2) is 4.98 Å². The first-order valence-electron chi connectivity index (χ1n) is 6.68. The average Bonchev–Trinajstić information content (AvgIpc) is 2.94. The van der Waals surface area contributed by atoms with Crippen LogP contribution in [0.5, 0.6) is 0 Å². The van der Waals surface area contributed by atoms with Crippen LogP contribution in [0.4, 0.5) is 0 Å². The predicted octanol–water partition coefficient (Wildman–Crippen LogP) is 1.47. The Labute approximate surface area is 127 Å². The molecular formula is C14H17ClN2O4. The van der Waals surface area contributed by atoms with Crippen molar-refractivity contribution in [2.45, 2.75) is 19.4 Å². The lowest BCUT2D eigenvalue weighted by Gasteiger charge is -2.26. The molecule has 1 aliphatic heterocycles. The molecule has 6 nitrogen and oxygen atoms in total. The van der Waals surface area contributed by atoms with Crippen molar-refractivity contribution in [3.8, 4) is 0 Å². The lowest BCUT2D eigenvalue weighted by Crippen LogP contribution is -2.44. The van der Waals surface area contributed by atoms with Gasteiger partial charge < -0.3 is 14.7 Å². The predicted molar refractivity (Wildman–Crippen MR) is 76.5 cm³/mol. The number of carboxylic acid groups (broad SMARTS) is 1. The van der Waals surface area contributed by atoms with Crippen molar-refractivity contribution in [1.29, 1.82) is 0 Å². The second-order valence-corrected chi connectivity index (χ2v) is 5.38. The number of hydrogen-bond donors (Lipinski definition) is 1. The van der Waals surface area contributed by atoms with Gasteiger partial charge in [0, 0.05) is 18.3 Å². The summed E-state index contributed by atoms with van der Waals surface area (Å²) in [5.74, 6) is -1.95. The van der Waals surface area contributed by atoms with Crippen LogP contribution < -0.4 is 0 Å². The van der Waals surface area contributed by atoms with Crippen LogP contribution in [0.1, 0.15) is 23.0 Å². The Bertz CT molecular complexity index is 564. The van der Waals surface area contributed by atoms with E-state index in [9.17, 15) is 9.59 Å². The number of carboxylic acids is 1. The number of aromatic nitrogens is 1. The molecule has 2 rings (SSSR count). The average molecular weight is 313 g/mol. The molecule has 1 aromatic heterocycles. The van der Waals surface area contributed by atoms with Crippen molar-refractivity contribution in [2.75, 3.05) is 20.3 Å². The Morgan fingerprint density at radius 2 is 2.19 bits per heavy atom. The minimum absolute atomic E-state index is 0.120. The third kappa shape index (κ3) is 3.33. The highest BCUT2D eigenvalue weighted by Crippen LogP contribution is 2.22. The number of hydrogen-bond acceptors (Lipinski definition) is 4. The van der Waals surface area contributed by atoms with E-state index in [4.69, 9.17) is 21.4 Å². The Balaban J connectivity index is 2.23. The maximum Gasteiger partial charge on any atom is 0.311 e. The quantitative estimate of drug-likeness (QED) is 0.852. The SMILES string of the molecule is CCc1cc(C(=O)N(C)C2COCC2C(=O)O)cc(Cl)n1. The van der Waals surface area contributed by atoms with Gasteiger partial charge in [-0.1, -0.05) is 18.5 Å². The van der Waals surface area contributed by atoms with Gasteiger partial charge in [0.15, 0.2) is 0 Å². The highest BCUT2D eigenvalue weighted by molar-refractivity contribution is 6.29. The number of nitrogens with zero attached hydrogens (tertiary/aromatic N) is 2. The smallest absolute Gasteiger partial charge is 0.311 e. The third-order valence-electron chi connectivity index (χ3n) is 3.64. The fourth-order valence-corrected chi connectivity index (χ4v) is 2.60. The molecule has 0 aromatic carbocycles. The topological polar surface area (TPSA) is 79.7 Å². The Hall–Kier alpha value is -1.66. The zero-order valence-corrected chi connectivity index (χ0v) is 12.6. The van der Waals surface area contributed by atoms with Crippen molar-refractivity contribution in [2.24, 2.45) is 5.92 Å². The summed E-state index contributed by atoms with van der Waals surface area (Å²) in [6.07, 6.45) is 0.662. The largest absolute Gasteiger partial charge is 0.481 e. The molecule has 2 atom stereocenters. The van der Waals surface area contributed by atoms with Crippen LogP contribution in [0, 0.1) is 5.92 Å². The van der Waals surface area contributed by atoms with Gasteiger partial charge in [-0.2, -0.15) is 0 Å². The summed E-state index contributed by atoms with van der Waals surface area (Å²) in [6.45, 7) is 2.26. The molecule has 2 heterocycles. The zero-order chi connectivity index (χ0) is 15.6. The molecule has 0 saturated carbocycles. The second kappa shape index (κ2) is 6.41. The normalized spacial score (nSPS) is 21.3. The van der Waals surface area contributed by atoms with Crippen LogP contribution in [0.25, 0.3) is 0 Å². The number of halogens is 1. The number of pyridine rings is 1. The van der Waals surface area contributed by atoms with E-state index in [0.29, 0.717) is 12.0 Å². The molecular weight excluding hydrogens is 296 g/mol. The first-order valence-corrected chi connectivity index (χ1v) is 7.06. The van der Waals surface area contributed by atoms with Crippen molar-refractivity contribution < 1.29 is 19.4 Å². The van der Waals surface area contributed by atoms with Gasteiger partial charge in [0.2, 0.25) is 0 Å². The Kier molecular flexibility index (Phi) is 4.80. The molecule has 0 radical (unpaired) electrons. The van der Waals surface area contributed by atoms with Gasteiger partial charge in [-0.3, -0.25) is 9.59 Å². The highest BCUT2D eigenvalue weighted by atomic mass is 35.5. The molecule has 2 unspecified atom stereocenters. The van der Waals surface area contributed by atoms with E-state index in [2.05, 4.69) is 4.98 Å². The fraction of sp³-hybridized carbons (Fsp3) is 0.500. The second-order valence-electron chi connectivity index (χ2n) is 4.99. The molecule has 7 heteroatoms. The van der Waals surface area contributed by atoms with E-state index < -0.39 is 17.9 Å². The summed E-state index contributed by atoms with van der Waals surface area (Å²) < 4.78 is 5.19. The van der Waals surface area contributed by atoms with E-state index in [1.54, 1.807) is 13.1 Å². The molecule has 1 fully saturated rings. The molecule has 0 spiro atoms. The van der Waals surface area contributed by atoms with E-state index in [1.807, 2.05) is 6.92 Å². The molecule has 114 valence electrons. The minimum Gasteiger partial charge on any atom is -0.481 e. The minimum atomic E-state index is -0.959.